The fourth-order valence-electron chi connectivity index (χ4n) is 3.78. The van der Waals surface area contributed by atoms with E-state index in [0.29, 0.717) is 6.10 Å². The molecule has 0 N–H and O–H groups in total. The summed E-state index contributed by atoms with van der Waals surface area (Å²) in [6.07, 6.45) is 15.7. The lowest BCUT2D eigenvalue weighted by Gasteiger charge is -2.10. The first-order valence-electron chi connectivity index (χ1n) is 10.1. The number of ether oxygens (including phenoxy) is 2. The molecule has 0 spiro atoms. The Morgan fingerprint density at radius 1 is 1.11 bits per heavy atom. The Labute approximate surface area is 167 Å². The summed E-state index contributed by atoms with van der Waals surface area (Å²) in [7, 11) is 0. The molecular formula is C25H27NO2. The zero-order valence-electron chi connectivity index (χ0n) is 16.4. The molecule has 1 unspecified atom stereocenters. The number of nitrogens with zero attached hydrogens (tertiary/aromatic N) is 1. The normalized spacial score (nSPS) is 19.0. The zero-order valence-corrected chi connectivity index (χ0v) is 16.4. The van der Waals surface area contributed by atoms with E-state index in [0.717, 1.165) is 42.9 Å². The van der Waals surface area contributed by atoms with E-state index in [9.17, 15) is 0 Å². The van der Waals surface area contributed by atoms with Crippen LogP contribution in [0.1, 0.15) is 41.6 Å². The second kappa shape index (κ2) is 9.03. The third-order valence-electron chi connectivity index (χ3n) is 5.38. The van der Waals surface area contributed by atoms with Crippen LogP contribution in [0.4, 0.5) is 0 Å². The number of aromatic nitrogens is 1. The highest BCUT2D eigenvalue weighted by atomic mass is 16.5. The van der Waals surface area contributed by atoms with Crippen molar-refractivity contribution in [2.75, 3.05) is 6.61 Å². The molecule has 144 valence electrons. The van der Waals surface area contributed by atoms with E-state index in [4.69, 9.17) is 9.47 Å². The first-order valence-corrected chi connectivity index (χ1v) is 10.1. The van der Waals surface area contributed by atoms with Crippen molar-refractivity contribution in [3.8, 4) is 0 Å². The van der Waals surface area contributed by atoms with Crippen molar-refractivity contribution in [1.29, 1.82) is 0 Å². The van der Waals surface area contributed by atoms with Gasteiger partial charge >= 0.3 is 0 Å². The Morgan fingerprint density at radius 3 is 2.75 bits per heavy atom. The van der Waals surface area contributed by atoms with Gasteiger partial charge in [-0.3, -0.25) is 4.98 Å². The minimum absolute atomic E-state index is 0.460. The molecule has 0 bridgehead atoms. The topological polar surface area (TPSA) is 31.4 Å². The Bertz CT molecular complexity index is 887. The third-order valence-corrected chi connectivity index (χ3v) is 5.38. The van der Waals surface area contributed by atoms with Crippen LogP contribution in [0, 0.1) is 6.92 Å². The van der Waals surface area contributed by atoms with Crippen LogP contribution in [-0.4, -0.2) is 17.7 Å². The average Bonchev–Trinajstić information content (AvgIpc) is 3.13. The molecule has 0 aliphatic carbocycles. The van der Waals surface area contributed by atoms with Crippen LogP contribution in [0.15, 0.2) is 72.7 Å². The van der Waals surface area contributed by atoms with Crippen molar-refractivity contribution >= 4 is 5.76 Å². The molecule has 28 heavy (non-hydrogen) atoms. The summed E-state index contributed by atoms with van der Waals surface area (Å²) < 4.78 is 11.5. The van der Waals surface area contributed by atoms with Gasteiger partial charge in [-0.2, -0.15) is 0 Å². The quantitative estimate of drug-likeness (QED) is 0.665. The highest BCUT2D eigenvalue weighted by molar-refractivity contribution is 5.65. The molecule has 3 heterocycles. The summed E-state index contributed by atoms with van der Waals surface area (Å²) in [6.45, 7) is 2.94. The summed E-state index contributed by atoms with van der Waals surface area (Å²) in [4.78, 5) is 4.38. The highest BCUT2D eigenvalue weighted by Gasteiger charge is 2.15. The maximum Gasteiger partial charge on any atom is 0.135 e. The van der Waals surface area contributed by atoms with Gasteiger partial charge in [0.2, 0.25) is 0 Å². The molecule has 3 nitrogen and oxygen atoms in total. The number of rotatable bonds is 6. The van der Waals surface area contributed by atoms with E-state index in [1.165, 1.54) is 29.5 Å². The van der Waals surface area contributed by atoms with Crippen molar-refractivity contribution < 1.29 is 9.47 Å². The van der Waals surface area contributed by atoms with Gasteiger partial charge < -0.3 is 9.47 Å². The van der Waals surface area contributed by atoms with E-state index in [-0.39, 0.29) is 0 Å². The molecule has 1 saturated heterocycles. The third kappa shape index (κ3) is 4.79. The lowest BCUT2D eigenvalue weighted by Crippen LogP contribution is -2.06. The summed E-state index contributed by atoms with van der Waals surface area (Å²) in [5.41, 5.74) is 5.92. The molecule has 1 atom stereocenters. The lowest BCUT2D eigenvalue weighted by atomic mass is 9.99. The van der Waals surface area contributed by atoms with Gasteiger partial charge in [-0.05, 0) is 80.0 Å². The molecule has 3 heteroatoms. The largest absolute Gasteiger partial charge is 0.464 e. The molecule has 0 saturated carbocycles. The van der Waals surface area contributed by atoms with Crippen LogP contribution < -0.4 is 0 Å². The zero-order chi connectivity index (χ0) is 19.2. The van der Waals surface area contributed by atoms with Gasteiger partial charge in [-0.25, -0.2) is 0 Å². The predicted molar refractivity (Wildman–Crippen MR) is 113 cm³/mol. The van der Waals surface area contributed by atoms with Gasteiger partial charge in [0.05, 0.1) is 12.4 Å². The van der Waals surface area contributed by atoms with Crippen LogP contribution in [0.2, 0.25) is 0 Å². The van der Waals surface area contributed by atoms with Crippen LogP contribution in [0.3, 0.4) is 0 Å². The molecule has 2 aliphatic heterocycles. The fraction of sp³-hybridized carbons (Fsp3) is 0.320. The SMILES string of the molecule is Cc1ncccc1C1=CC(Cc2ccc(CCC3CCCO3)cc2)=CC=CO1. The van der Waals surface area contributed by atoms with Crippen molar-refractivity contribution in [2.45, 2.75) is 45.1 Å². The fourth-order valence-corrected chi connectivity index (χ4v) is 3.78. The second-order valence-electron chi connectivity index (χ2n) is 7.50. The van der Waals surface area contributed by atoms with Crippen LogP contribution in [-0.2, 0) is 22.3 Å². The van der Waals surface area contributed by atoms with E-state index < -0.39 is 0 Å². The first-order chi connectivity index (χ1) is 13.8. The van der Waals surface area contributed by atoms with Gasteiger partial charge in [0.1, 0.15) is 5.76 Å². The van der Waals surface area contributed by atoms with Gasteiger partial charge in [0.25, 0.3) is 0 Å². The maximum absolute atomic E-state index is 5.81. The van der Waals surface area contributed by atoms with Crippen LogP contribution in [0.25, 0.3) is 5.76 Å². The minimum Gasteiger partial charge on any atom is -0.464 e. The lowest BCUT2D eigenvalue weighted by molar-refractivity contribution is 0.104. The summed E-state index contributed by atoms with van der Waals surface area (Å²) in [5, 5.41) is 0. The highest BCUT2D eigenvalue weighted by Crippen LogP contribution is 2.24. The standard InChI is InChI=1S/C25H27NO2/c1-19-24(7-2-14-26-19)25-18-22(5-3-16-28-25)17-21-10-8-20(9-11-21)12-13-23-6-4-15-27-23/h2-3,5,7-11,14,16,18,23H,4,6,12-13,15,17H2,1H3. The number of aryl methyl sites for hydroxylation is 2. The van der Waals surface area contributed by atoms with E-state index in [2.05, 4.69) is 41.4 Å². The van der Waals surface area contributed by atoms with Crippen molar-refractivity contribution in [1.82, 2.24) is 4.98 Å². The molecular weight excluding hydrogens is 346 g/mol. The maximum atomic E-state index is 5.81. The van der Waals surface area contributed by atoms with Gasteiger partial charge in [-0.1, -0.05) is 30.3 Å². The van der Waals surface area contributed by atoms with Crippen molar-refractivity contribution in [3.05, 3.63) is 95.0 Å². The van der Waals surface area contributed by atoms with Gasteiger partial charge in [0, 0.05) is 24.1 Å². The summed E-state index contributed by atoms with van der Waals surface area (Å²) in [5.74, 6) is 0.846. The Hall–Kier alpha value is -2.65. The molecule has 2 aromatic rings. The molecule has 0 amide bonds. The first kappa shape index (κ1) is 18.7. The predicted octanol–water partition coefficient (Wildman–Crippen LogP) is 5.56. The Balaban J connectivity index is 1.42. The monoisotopic (exact) mass is 373 g/mol. The number of hydrogen-bond acceptors (Lipinski definition) is 3. The van der Waals surface area contributed by atoms with E-state index >= 15 is 0 Å². The second-order valence-corrected chi connectivity index (χ2v) is 7.50. The molecule has 1 aromatic carbocycles. The van der Waals surface area contributed by atoms with Crippen LogP contribution in [0.5, 0.6) is 0 Å². The number of pyridine rings is 1. The van der Waals surface area contributed by atoms with Gasteiger partial charge in [-0.15, -0.1) is 0 Å². The summed E-state index contributed by atoms with van der Waals surface area (Å²) in [6, 6.07) is 13.0. The van der Waals surface area contributed by atoms with Gasteiger partial charge in [0.15, 0.2) is 0 Å². The van der Waals surface area contributed by atoms with Crippen LogP contribution >= 0.6 is 0 Å². The molecule has 1 aromatic heterocycles. The molecule has 2 aliphatic rings. The minimum atomic E-state index is 0.460. The van der Waals surface area contributed by atoms with Crippen molar-refractivity contribution in [3.63, 3.8) is 0 Å². The smallest absolute Gasteiger partial charge is 0.135 e. The number of benzene rings is 1. The molecule has 4 rings (SSSR count). The molecule has 1 fully saturated rings. The van der Waals surface area contributed by atoms with Crippen molar-refractivity contribution in [2.24, 2.45) is 0 Å². The Kier molecular flexibility index (Phi) is 6.03. The molecule has 0 radical (unpaired) electrons. The number of hydrogen-bond donors (Lipinski definition) is 0. The average molecular weight is 373 g/mol. The summed E-state index contributed by atoms with van der Waals surface area (Å²) >= 11 is 0. The van der Waals surface area contributed by atoms with E-state index in [1.54, 1.807) is 6.26 Å². The van der Waals surface area contributed by atoms with E-state index in [1.807, 2.05) is 31.3 Å². The Morgan fingerprint density at radius 2 is 1.96 bits per heavy atom. The number of allylic oxidation sites excluding steroid dienone is 4.